The van der Waals surface area contributed by atoms with Gasteiger partial charge in [-0.3, -0.25) is 0 Å². The second kappa shape index (κ2) is 5.27. The van der Waals surface area contributed by atoms with Crippen molar-refractivity contribution in [2.24, 2.45) is 0 Å². The fourth-order valence-electron chi connectivity index (χ4n) is 1.52. The van der Waals surface area contributed by atoms with Gasteiger partial charge < -0.3 is 4.74 Å². The Morgan fingerprint density at radius 2 is 2.18 bits per heavy atom. The Hall–Kier alpha value is -1.42. The van der Waals surface area contributed by atoms with Gasteiger partial charge in [0.2, 0.25) is 6.36 Å². The largest absolute Gasteiger partial charge is 0.460 e. The Balaban J connectivity index is 2.36. The average Bonchev–Trinajstić information content (AvgIpc) is 2.77. The van der Waals surface area contributed by atoms with Gasteiger partial charge in [0.15, 0.2) is 0 Å². The highest BCUT2D eigenvalue weighted by Gasteiger charge is 2.11. The first-order valence-corrected chi connectivity index (χ1v) is 6.37. The molecule has 2 rings (SSSR count). The van der Waals surface area contributed by atoms with Gasteiger partial charge in [0.05, 0.1) is 5.56 Å². The zero-order valence-corrected chi connectivity index (χ0v) is 10.6. The predicted octanol–water partition coefficient (Wildman–Crippen LogP) is 4.07. The molecule has 0 aliphatic carbocycles. The molecule has 0 bridgehead atoms. The lowest BCUT2D eigenvalue weighted by Gasteiger charge is -2.10. The average molecular weight is 251 g/mol. The lowest BCUT2D eigenvalue weighted by atomic mass is 10.2. The van der Waals surface area contributed by atoms with E-state index in [9.17, 15) is 4.39 Å². The summed E-state index contributed by atoms with van der Waals surface area (Å²) >= 11 is 1.61. The summed E-state index contributed by atoms with van der Waals surface area (Å²) in [5.41, 5.74) is 0.849. The van der Waals surface area contributed by atoms with Crippen LogP contribution in [0.5, 0.6) is 5.75 Å². The van der Waals surface area contributed by atoms with Gasteiger partial charge in [0.1, 0.15) is 10.8 Å². The van der Waals surface area contributed by atoms with Gasteiger partial charge in [-0.25, -0.2) is 9.37 Å². The van der Waals surface area contributed by atoms with E-state index in [2.05, 4.69) is 11.9 Å². The number of aromatic nitrogens is 1. The molecule has 0 aliphatic rings. The zero-order chi connectivity index (χ0) is 12.3. The van der Waals surface area contributed by atoms with Crippen molar-refractivity contribution >= 4 is 11.3 Å². The fourth-order valence-corrected chi connectivity index (χ4v) is 2.40. The first-order chi connectivity index (χ1) is 8.20. The highest BCUT2D eigenvalue weighted by Crippen LogP contribution is 2.33. The van der Waals surface area contributed by atoms with Gasteiger partial charge in [-0.05, 0) is 18.6 Å². The maximum absolute atomic E-state index is 12.9. The van der Waals surface area contributed by atoms with Crippen molar-refractivity contribution in [2.75, 3.05) is 0 Å². The molecule has 0 spiro atoms. The molecule has 0 radical (unpaired) electrons. The van der Waals surface area contributed by atoms with Gasteiger partial charge in [-0.1, -0.05) is 19.1 Å². The summed E-state index contributed by atoms with van der Waals surface area (Å²) in [6, 6.07) is 7.39. The van der Waals surface area contributed by atoms with E-state index in [1.54, 1.807) is 17.4 Å². The summed E-state index contributed by atoms with van der Waals surface area (Å²) in [5.74, 6) is 0.541. The molecule has 0 fully saturated rings. The van der Waals surface area contributed by atoms with Crippen LogP contribution in [0.2, 0.25) is 0 Å². The molecule has 90 valence electrons. The molecule has 0 amide bonds. The molecule has 1 atom stereocenters. The molecular weight excluding hydrogens is 237 g/mol. The molecule has 2 aromatic rings. The van der Waals surface area contributed by atoms with Crippen molar-refractivity contribution in [3.05, 3.63) is 35.3 Å². The van der Waals surface area contributed by atoms with Gasteiger partial charge in [-0.15, -0.1) is 11.3 Å². The molecule has 1 heterocycles. The highest BCUT2D eigenvalue weighted by molar-refractivity contribution is 7.15. The summed E-state index contributed by atoms with van der Waals surface area (Å²) in [7, 11) is 0. The number of alkyl halides is 1. The predicted molar refractivity (Wildman–Crippen MR) is 68.1 cm³/mol. The van der Waals surface area contributed by atoms with Crippen LogP contribution < -0.4 is 4.74 Å². The minimum absolute atomic E-state index is 0.541. The maximum Gasteiger partial charge on any atom is 0.235 e. The third-order valence-electron chi connectivity index (χ3n) is 2.31. The van der Waals surface area contributed by atoms with E-state index >= 15 is 0 Å². The van der Waals surface area contributed by atoms with Crippen LogP contribution in [0.1, 0.15) is 18.7 Å². The van der Waals surface area contributed by atoms with E-state index in [1.165, 1.54) is 11.8 Å². The number of hydrogen-bond acceptors (Lipinski definition) is 3. The molecule has 17 heavy (non-hydrogen) atoms. The summed E-state index contributed by atoms with van der Waals surface area (Å²) in [6.45, 7) is 3.46. The molecule has 0 saturated carbocycles. The molecule has 0 saturated heterocycles. The normalized spacial score (nSPS) is 12.4. The van der Waals surface area contributed by atoms with Gasteiger partial charge in [-0.2, -0.15) is 0 Å². The van der Waals surface area contributed by atoms with Crippen LogP contribution >= 0.6 is 11.3 Å². The van der Waals surface area contributed by atoms with Crippen molar-refractivity contribution in [3.8, 4) is 16.3 Å². The van der Waals surface area contributed by atoms with E-state index in [4.69, 9.17) is 4.74 Å². The van der Waals surface area contributed by atoms with Crippen LogP contribution in [-0.2, 0) is 6.42 Å². The lowest BCUT2D eigenvalue weighted by molar-refractivity contribution is 0.0867. The third kappa shape index (κ3) is 2.82. The number of nitrogens with zero attached hydrogens (tertiary/aromatic N) is 1. The van der Waals surface area contributed by atoms with Crippen LogP contribution in [0.4, 0.5) is 4.39 Å². The fraction of sp³-hybridized carbons (Fsp3) is 0.308. The van der Waals surface area contributed by atoms with E-state index < -0.39 is 6.36 Å². The number of rotatable bonds is 4. The topological polar surface area (TPSA) is 22.1 Å². The van der Waals surface area contributed by atoms with Crippen molar-refractivity contribution in [1.82, 2.24) is 4.98 Å². The Kier molecular flexibility index (Phi) is 3.74. The van der Waals surface area contributed by atoms with Crippen LogP contribution in [0, 0.1) is 0 Å². The SMILES string of the molecule is CCc1cnc(-c2ccccc2OC(C)F)s1. The van der Waals surface area contributed by atoms with Gasteiger partial charge >= 0.3 is 0 Å². The molecule has 1 aromatic carbocycles. The summed E-state index contributed by atoms with van der Waals surface area (Å²) in [6.07, 6.45) is 1.50. The first kappa shape index (κ1) is 12.0. The van der Waals surface area contributed by atoms with Crippen LogP contribution in [0.3, 0.4) is 0 Å². The summed E-state index contributed by atoms with van der Waals surface area (Å²) in [5, 5.41) is 0.873. The summed E-state index contributed by atoms with van der Waals surface area (Å²) < 4.78 is 18.1. The number of thiazole rings is 1. The van der Waals surface area contributed by atoms with E-state index in [0.717, 1.165) is 17.0 Å². The monoisotopic (exact) mass is 251 g/mol. The second-order valence-corrected chi connectivity index (χ2v) is 4.76. The molecule has 2 nitrogen and oxygen atoms in total. The van der Waals surface area contributed by atoms with E-state index in [-0.39, 0.29) is 0 Å². The molecular formula is C13H14FNOS. The number of benzene rings is 1. The van der Waals surface area contributed by atoms with Crippen molar-refractivity contribution in [3.63, 3.8) is 0 Å². The Bertz CT molecular complexity index is 496. The minimum atomic E-state index is -1.32. The Labute approximate surface area is 104 Å². The van der Waals surface area contributed by atoms with Gasteiger partial charge in [0, 0.05) is 18.0 Å². The maximum atomic E-state index is 12.9. The van der Waals surface area contributed by atoms with E-state index in [1.807, 2.05) is 24.4 Å². The standard InChI is InChI=1S/C13H14FNOS/c1-3-10-8-15-13(17-10)11-6-4-5-7-12(11)16-9(2)14/h4-9H,3H2,1-2H3. The van der Waals surface area contributed by atoms with Crippen molar-refractivity contribution < 1.29 is 9.13 Å². The molecule has 1 aromatic heterocycles. The lowest BCUT2D eigenvalue weighted by Crippen LogP contribution is -2.04. The smallest absolute Gasteiger partial charge is 0.235 e. The number of para-hydroxylation sites is 1. The number of hydrogen-bond donors (Lipinski definition) is 0. The van der Waals surface area contributed by atoms with Crippen LogP contribution in [0.15, 0.2) is 30.5 Å². The number of ether oxygens (including phenoxy) is 1. The quantitative estimate of drug-likeness (QED) is 0.817. The minimum Gasteiger partial charge on any atom is -0.460 e. The Morgan fingerprint density at radius 3 is 2.82 bits per heavy atom. The Morgan fingerprint density at radius 1 is 1.41 bits per heavy atom. The number of halogens is 1. The highest BCUT2D eigenvalue weighted by atomic mass is 32.1. The molecule has 0 N–H and O–H groups in total. The molecule has 0 aliphatic heterocycles. The number of aryl methyl sites for hydroxylation is 1. The molecule has 4 heteroatoms. The second-order valence-electron chi connectivity index (χ2n) is 3.64. The van der Waals surface area contributed by atoms with Crippen LogP contribution in [0.25, 0.3) is 10.6 Å². The van der Waals surface area contributed by atoms with Crippen molar-refractivity contribution in [2.45, 2.75) is 26.6 Å². The van der Waals surface area contributed by atoms with Crippen molar-refractivity contribution in [1.29, 1.82) is 0 Å². The molecule has 1 unspecified atom stereocenters. The van der Waals surface area contributed by atoms with Gasteiger partial charge in [0.25, 0.3) is 0 Å². The van der Waals surface area contributed by atoms with E-state index in [0.29, 0.717) is 5.75 Å². The first-order valence-electron chi connectivity index (χ1n) is 5.55. The third-order valence-corrected chi connectivity index (χ3v) is 3.48. The van der Waals surface area contributed by atoms with Crippen LogP contribution in [-0.4, -0.2) is 11.3 Å². The zero-order valence-electron chi connectivity index (χ0n) is 9.81. The summed E-state index contributed by atoms with van der Waals surface area (Å²) in [4.78, 5) is 5.55.